The first-order valence-corrected chi connectivity index (χ1v) is 6.37. The van der Waals surface area contributed by atoms with E-state index in [1.54, 1.807) is 6.07 Å². The summed E-state index contributed by atoms with van der Waals surface area (Å²) in [5.41, 5.74) is 6.22. The van der Waals surface area contributed by atoms with Gasteiger partial charge in [0.25, 0.3) is 0 Å². The van der Waals surface area contributed by atoms with Gasteiger partial charge in [-0.15, -0.1) is 0 Å². The maximum absolute atomic E-state index is 14.1. The summed E-state index contributed by atoms with van der Waals surface area (Å²) in [6.45, 7) is 6.68. The van der Waals surface area contributed by atoms with E-state index in [4.69, 9.17) is 5.73 Å². The van der Waals surface area contributed by atoms with Crippen LogP contribution in [0, 0.1) is 5.82 Å². The Balaban J connectivity index is 2.53. The Hall–Kier alpha value is -1.58. The van der Waals surface area contributed by atoms with Crippen LogP contribution >= 0.6 is 0 Å². The van der Waals surface area contributed by atoms with Crippen LogP contribution < -0.4 is 5.73 Å². The van der Waals surface area contributed by atoms with Crippen molar-refractivity contribution in [1.82, 2.24) is 4.90 Å². The predicted octanol–water partition coefficient (Wildman–Crippen LogP) is 2.47. The van der Waals surface area contributed by atoms with E-state index >= 15 is 0 Å². The van der Waals surface area contributed by atoms with E-state index in [1.165, 1.54) is 6.07 Å². The van der Waals surface area contributed by atoms with Gasteiger partial charge < -0.3 is 10.6 Å². The molecular weight excluding hydrogens is 229 g/mol. The lowest BCUT2D eigenvalue weighted by Crippen LogP contribution is -2.52. The third-order valence-electron chi connectivity index (χ3n) is 3.69. The highest BCUT2D eigenvalue weighted by molar-refractivity contribution is 5.81. The maximum atomic E-state index is 14.1. The fourth-order valence-corrected chi connectivity index (χ4v) is 2.87. The highest BCUT2D eigenvalue weighted by atomic mass is 19.1. The first-order chi connectivity index (χ1) is 8.53. The molecule has 0 saturated heterocycles. The Morgan fingerprint density at radius 2 is 2.11 bits per heavy atom. The van der Waals surface area contributed by atoms with Crippen molar-refractivity contribution >= 4 is 5.96 Å². The summed E-state index contributed by atoms with van der Waals surface area (Å²) >= 11 is 0. The first kappa shape index (κ1) is 12.9. The molecule has 0 aromatic heterocycles. The molecule has 1 aliphatic heterocycles. The van der Waals surface area contributed by atoms with Crippen molar-refractivity contribution in [3.05, 3.63) is 35.6 Å². The van der Waals surface area contributed by atoms with Crippen LogP contribution in [0.4, 0.5) is 4.39 Å². The summed E-state index contributed by atoms with van der Waals surface area (Å²) in [5, 5.41) is 0. The lowest BCUT2D eigenvalue weighted by atomic mass is 9.85. The van der Waals surface area contributed by atoms with E-state index in [-0.39, 0.29) is 11.9 Å². The van der Waals surface area contributed by atoms with E-state index in [9.17, 15) is 4.39 Å². The normalized spacial score (nSPS) is 23.6. The molecule has 0 amide bonds. The molecule has 0 spiro atoms. The van der Waals surface area contributed by atoms with Gasteiger partial charge in [-0.2, -0.15) is 0 Å². The number of nitrogens with zero attached hydrogens (tertiary/aromatic N) is 2. The van der Waals surface area contributed by atoms with E-state index < -0.39 is 5.54 Å². The van der Waals surface area contributed by atoms with Crippen LogP contribution in [-0.2, 0) is 5.54 Å². The number of halogens is 1. The van der Waals surface area contributed by atoms with E-state index in [0.29, 0.717) is 18.1 Å². The Bertz CT molecular complexity index is 470. The van der Waals surface area contributed by atoms with Crippen molar-refractivity contribution < 1.29 is 4.39 Å². The molecule has 0 fully saturated rings. The van der Waals surface area contributed by atoms with Crippen molar-refractivity contribution in [3.8, 4) is 0 Å². The molecule has 18 heavy (non-hydrogen) atoms. The van der Waals surface area contributed by atoms with Gasteiger partial charge in [0.1, 0.15) is 5.82 Å². The van der Waals surface area contributed by atoms with Gasteiger partial charge in [-0.05, 0) is 26.3 Å². The lowest BCUT2D eigenvalue weighted by molar-refractivity contribution is 0.153. The molecule has 1 heterocycles. The standard InChI is InChI=1S/C14H20FN3/c1-4-14(11-7-5-6-8-12(11)15)9-17-13(16)18(14)10(2)3/h5-8,10H,4,9H2,1-3H3,(H2,16,17). The minimum Gasteiger partial charge on any atom is -0.370 e. The van der Waals surface area contributed by atoms with Crippen molar-refractivity contribution in [2.24, 2.45) is 10.7 Å². The molecule has 0 aliphatic carbocycles. The quantitative estimate of drug-likeness (QED) is 0.894. The van der Waals surface area contributed by atoms with Crippen molar-refractivity contribution in [2.45, 2.75) is 38.8 Å². The summed E-state index contributed by atoms with van der Waals surface area (Å²) in [6.07, 6.45) is 0.774. The van der Waals surface area contributed by atoms with Gasteiger partial charge in [0.05, 0.1) is 12.1 Å². The van der Waals surface area contributed by atoms with Crippen molar-refractivity contribution in [3.63, 3.8) is 0 Å². The molecule has 0 saturated carbocycles. The number of benzene rings is 1. The zero-order chi connectivity index (χ0) is 13.3. The second kappa shape index (κ2) is 4.59. The molecule has 0 radical (unpaired) electrons. The molecule has 2 N–H and O–H groups in total. The third kappa shape index (κ3) is 1.76. The van der Waals surface area contributed by atoms with Crippen molar-refractivity contribution in [1.29, 1.82) is 0 Å². The van der Waals surface area contributed by atoms with Gasteiger partial charge in [0, 0.05) is 11.6 Å². The fourth-order valence-electron chi connectivity index (χ4n) is 2.87. The number of guanidine groups is 1. The van der Waals surface area contributed by atoms with Gasteiger partial charge in [0.2, 0.25) is 0 Å². The highest BCUT2D eigenvalue weighted by Crippen LogP contribution is 2.38. The molecule has 0 bridgehead atoms. The SMILES string of the molecule is CCC1(c2ccccc2F)CN=C(N)N1C(C)C. The van der Waals surface area contributed by atoms with Crippen LogP contribution in [0.2, 0.25) is 0 Å². The molecule has 98 valence electrons. The molecule has 1 unspecified atom stereocenters. The maximum Gasteiger partial charge on any atom is 0.192 e. The summed E-state index contributed by atoms with van der Waals surface area (Å²) in [7, 11) is 0. The Morgan fingerprint density at radius 3 is 2.67 bits per heavy atom. The van der Waals surface area contributed by atoms with Crippen LogP contribution in [0.1, 0.15) is 32.8 Å². The molecular formula is C14H20FN3. The average Bonchev–Trinajstić information content (AvgIpc) is 2.68. The molecule has 3 nitrogen and oxygen atoms in total. The minimum absolute atomic E-state index is 0.185. The summed E-state index contributed by atoms with van der Waals surface area (Å²) in [4.78, 5) is 6.37. The number of hydrogen-bond donors (Lipinski definition) is 1. The lowest BCUT2D eigenvalue weighted by Gasteiger charge is -2.42. The minimum atomic E-state index is -0.441. The fraction of sp³-hybridized carbons (Fsp3) is 0.500. The van der Waals surface area contributed by atoms with Crippen LogP contribution in [-0.4, -0.2) is 23.4 Å². The average molecular weight is 249 g/mol. The number of nitrogens with two attached hydrogens (primary N) is 1. The summed E-state index contributed by atoms with van der Waals surface area (Å²) in [6, 6.07) is 7.10. The Labute approximate surface area is 108 Å². The molecule has 2 rings (SSSR count). The molecule has 1 atom stereocenters. The zero-order valence-electron chi connectivity index (χ0n) is 11.2. The third-order valence-corrected chi connectivity index (χ3v) is 3.69. The van der Waals surface area contributed by atoms with E-state index in [1.807, 2.05) is 17.0 Å². The van der Waals surface area contributed by atoms with Crippen molar-refractivity contribution in [2.75, 3.05) is 6.54 Å². The summed E-state index contributed by atoms with van der Waals surface area (Å²) < 4.78 is 14.1. The Morgan fingerprint density at radius 1 is 1.44 bits per heavy atom. The van der Waals surface area contributed by atoms with Crippen LogP contribution in [0.15, 0.2) is 29.3 Å². The smallest absolute Gasteiger partial charge is 0.192 e. The second-order valence-electron chi connectivity index (χ2n) is 5.00. The highest BCUT2D eigenvalue weighted by Gasteiger charge is 2.44. The van der Waals surface area contributed by atoms with Crippen LogP contribution in [0.3, 0.4) is 0 Å². The first-order valence-electron chi connectivity index (χ1n) is 6.37. The second-order valence-corrected chi connectivity index (χ2v) is 5.00. The molecule has 1 aromatic rings. The monoisotopic (exact) mass is 249 g/mol. The molecule has 1 aromatic carbocycles. The van der Waals surface area contributed by atoms with Crippen LogP contribution in [0.25, 0.3) is 0 Å². The van der Waals surface area contributed by atoms with Gasteiger partial charge in [-0.25, -0.2) is 4.39 Å². The number of hydrogen-bond acceptors (Lipinski definition) is 3. The number of rotatable bonds is 3. The van der Waals surface area contributed by atoms with Gasteiger partial charge in [-0.1, -0.05) is 25.1 Å². The summed E-state index contributed by atoms with van der Waals surface area (Å²) in [5.74, 6) is 0.324. The van der Waals surface area contributed by atoms with Crippen LogP contribution in [0.5, 0.6) is 0 Å². The number of aliphatic imine (C=N–C) groups is 1. The molecule has 1 aliphatic rings. The topological polar surface area (TPSA) is 41.6 Å². The van der Waals surface area contributed by atoms with Gasteiger partial charge >= 0.3 is 0 Å². The Kier molecular flexibility index (Phi) is 3.28. The zero-order valence-corrected chi connectivity index (χ0v) is 11.2. The molecule has 4 heteroatoms. The van der Waals surface area contributed by atoms with Gasteiger partial charge in [0.15, 0.2) is 5.96 Å². The van der Waals surface area contributed by atoms with E-state index in [0.717, 1.165) is 6.42 Å². The predicted molar refractivity (Wildman–Crippen MR) is 71.8 cm³/mol. The largest absolute Gasteiger partial charge is 0.370 e. The van der Waals surface area contributed by atoms with E-state index in [2.05, 4.69) is 25.8 Å². The van der Waals surface area contributed by atoms with Gasteiger partial charge in [-0.3, -0.25) is 4.99 Å².